The Morgan fingerprint density at radius 3 is 0.974 bits per heavy atom. The van der Waals surface area contributed by atoms with Crippen molar-refractivity contribution in [3.63, 3.8) is 0 Å². The van der Waals surface area contributed by atoms with Crippen LogP contribution in [0.4, 0.5) is 11.4 Å². The van der Waals surface area contributed by atoms with Gasteiger partial charge in [-0.25, -0.2) is 0 Å². The molecule has 0 aliphatic heterocycles. The van der Waals surface area contributed by atoms with Gasteiger partial charge in [-0.2, -0.15) is 0 Å². The van der Waals surface area contributed by atoms with Crippen LogP contribution in [-0.2, 0) is 18.7 Å². The number of unbranched alkanes of at least 4 members (excludes halogenated alkanes) is 10. The van der Waals surface area contributed by atoms with Crippen LogP contribution in [0.15, 0.2) is 48.5 Å². The number of rotatable bonds is 20. The molecule has 10 nitrogen and oxygen atoms in total. The van der Waals surface area contributed by atoms with Crippen LogP contribution in [0.25, 0.3) is 0 Å². The van der Waals surface area contributed by atoms with Crippen LogP contribution in [0.2, 0.25) is 0 Å². The monoisotopic (exact) mass is 582 g/mol. The van der Waals surface area contributed by atoms with Crippen LogP contribution in [0.5, 0.6) is 0 Å². The molecule has 0 aromatic heterocycles. The first kappa shape index (κ1) is 32.9. The Morgan fingerprint density at radius 2 is 0.744 bits per heavy atom. The quantitative estimate of drug-likeness (QED) is 0.103. The molecule has 216 valence electrons. The molecular weight excluding hydrogens is 542 g/mol. The van der Waals surface area contributed by atoms with Gasteiger partial charge in [-0.15, -0.1) is 0 Å². The number of amides is 2. The van der Waals surface area contributed by atoms with E-state index in [1.807, 2.05) is 0 Å². The average Bonchev–Trinajstić information content (AvgIpc) is 2.90. The van der Waals surface area contributed by atoms with Crippen molar-refractivity contribution in [1.82, 2.24) is 0 Å². The molecule has 0 fully saturated rings. The van der Waals surface area contributed by atoms with Crippen molar-refractivity contribution >= 4 is 50.0 Å². The number of hydrogen-bond acceptors (Lipinski definition) is 4. The molecule has 0 bridgehead atoms. The minimum Gasteiger partial charge on any atom is -0.321 e. The van der Waals surface area contributed by atoms with Crippen LogP contribution in [0.1, 0.15) is 70.6 Å². The molecule has 2 aromatic rings. The van der Waals surface area contributed by atoms with E-state index >= 15 is 0 Å². The maximum atomic E-state index is 11.4. The van der Waals surface area contributed by atoms with Gasteiger partial charge in [-0.05, 0) is 61.4 Å². The average molecular weight is 583 g/mol. The SMILES string of the molecule is O=CN(CCCCCCCCCCCCCN(C=O)c1ccc(P(=O)(O)O)cc1)c1ccc(P(=O)(O)O)cc1. The minimum absolute atomic E-state index is 0.0622. The third-order valence-electron chi connectivity index (χ3n) is 6.59. The van der Waals surface area contributed by atoms with Gasteiger partial charge in [0.2, 0.25) is 12.8 Å². The number of carbonyl (C=O) groups is 2. The highest BCUT2D eigenvalue weighted by molar-refractivity contribution is 7.60. The maximum Gasteiger partial charge on any atom is 0.356 e. The van der Waals surface area contributed by atoms with Crippen LogP contribution in [0, 0.1) is 0 Å². The lowest BCUT2D eigenvalue weighted by atomic mass is 10.1. The molecule has 2 aromatic carbocycles. The van der Waals surface area contributed by atoms with Gasteiger partial charge in [0.1, 0.15) is 0 Å². The first-order valence-electron chi connectivity index (χ1n) is 13.3. The lowest BCUT2D eigenvalue weighted by Gasteiger charge is -2.18. The second-order valence-corrected chi connectivity index (χ2v) is 12.8. The summed E-state index contributed by atoms with van der Waals surface area (Å²) in [5.41, 5.74) is 1.25. The zero-order chi connectivity index (χ0) is 28.7. The zero-order valence-corrected chi connectivity index (χ0v) is 24.0. The summed E-state index contributed by atoms with van der Waals surface area (Å²) in [5, 5.41) is -0.124. The Bertz CT molecular complexity index is 1010. The fourth-order valence-corrected chi connectivity index (χ4v) is 5.39. The van der Waals surface area contributed by atoms with Crippen LogP contribution < -0.4 is 20.4 Å². The lowest BCUT2D eigenvalue weighted by Crippen LogP contribution is -2.22. The first-order valence-corrected chi connectivity index (χ1v) is 16.5. The summed E-state index contributed by atoms with van der Waals surface area (Å²) in [7, 11) is -8.57. The zero-order valence-electron chi connectivity index (χ0n) is 22.2. The van der Waals surface area contributed by atoms with Crippen molar-refractivity contribution < 1.29 is 38.3 Å². The molecule has 4 N–H and O–H groups in total. The molecule has 0 heterocycles. The van der Waals surface area contributed by atoms with Gasteiger partial charge in [0.25, 0.3) is 0 Å². The smallest absolute Gasteiger partial charge is 0.321 e. The Kier molecular flexibility index (Phi) is 14.1. The summed E-state index contributed by atoms with van der Waals surface area (Å²) in [6, 6.07) is 11.6. The van der Waals surface area contributed by atoms with E-state index in [1.165, 1.54) is 43.5 Å². The number of carbonyl (C=O) groups excluding carboxylic acids is 2. The second kappa shape index (κ2) is 16.7. The van der Waals surface area contributed by atoms with E-state index in [0.29, 0.717) is 24.5 Å². The number of nitrogens with zero attached hydrogens (tertiary/aromatic N) is 2. The van der Waals surface area contributed by atoms with Crippen molar-refractivity contribution in [1.29, 1.82) is 0 Å². The van der Waals surface area contributed by atoms with Crippen LogP contribution in [-0.4, -0.2) is 45.5 Å². The highest BCUT2D eigenvalue weighted by Crippen LogP contribution is 2.34. The van der Waals surface area contributed by atoms with Crippen molar-refractivity contribution in [2.24, 2.45) is 0 Å². The third kappa shape index (κ3) is 12.2. The lowest BCUT2D eigenvalue weighted by molar-refractivity contribution is -0.108. The molecule has 0 saturated carbocycles. The van der Waals surface area contributed by atoms with E-state index < -0.39 is 15.2 Å². The van der Waals surface area contributed by atoms with Gasteiger partial charge in [0.05, 0.1) is 10.6 Å². The molecule has 0 saturated heterocycles. The molecular formula is C27H40N2O8P2. The van der Waals surface area contributed by atoms with Crippen LogP contribution in [0.3, 0.4) is 0 Å². The number of hydrogen-bond donors (Lipinski definition) is 4. The molecule has 0 spiro atoms. The van der Waals surface area contributed by atoms with E-state index in [4.69, 9.17) is 0 Å². The van der Waals surface area contributed by atoms with Crippen LogP contribution >= 0.6 is 15.2 Å². The molecule has 2 rings (SSSR count). The summed E-state index contributed by atoms with van der Waals surface area (Å²) in [5.74, 6) is 0. The van der Waals surface area contributed by atoms with Gasteiger partial charge in [0, 0.05) is 24.5 Å². The predicted molar refractivity (Wildman–Crippen MR) is 154 cm³/mol. The molecule has 0 atom stereocenters. The Balaban J connectivity index is 1.49. The van der Waals surface area contributed by atoms with Gasteiger partial charge in [-0.3, -0.25) is 18.7 Å². The van der Waals surface area contributed by atoms with Gasteiger partial charge in [-0.1, -0.05) is 57.8 Å². The molecule has 0 aliphatic carbocycles. The van der Waals surface area contributed by atoms with E-state index in [2.05, 4.69) is 0 Å². The largest absolute Gasteiger partial charge is 0.356 e. The van der Waals surface area contributed by atoms with Crippen molar-refractivity contribution in [3.8, 4) is 0 Å². The van der Waals surface area contributed by atoms with E-state index in [9.17, 15) is 38.3 Å². The van der Waals surface area contributed by atoms with E-state index in [-0.39, 0.29) is 10.6 Å². The summed E-state index contributed by atoms with van der Waals surface area (Å²) in [6.07, 6.45) is 13.3. The molecule has 39 heavy (non-hydrogen) atoms. The van der Waals surface area contributed by atoms with E-state index in [0.717, 1.165) is 64.2 Å². The fraction of sp³-hybridized carbons (Fsp3) is 0.481. The third-order valence-corrected chi connectivity index (χ3v) is 8.53. The molecule has 0 aliphatic rings. The Labute approximate surface area is 230 Å². The Hall–Kier alpha value is -2.32. The van der Waals surface area contributed by atoms with Crippen molar-refractivity contribution in [3.05, 3.63) is 48.5 Å². The fourth-order valence-electron chi connectivity index (χ4n) is 4.32. The first-order chi connectivity index (χ1) is 18.6. The van der Waals surface area contributed by atoms with Gasteiger partial charge in [0.15, 0.2) is 0 Å². The molecule has 2 amide bonds. The highest BCUT2D eigenvalue weighted by atomic mass is 31.2. The maximum absolute atomic E-state index is 11.4. The number of benzene rings is 2. The van der Waals surface area contributed by atoms with Crippen molar-refractivity contribution in [2.45, 2.75) is 70.6 Å². The highest BCUT2D eigenvalue weighted by Gasteiger charge is 2.18. The molecule has 0 unspecified atom stereocenters. The van der Waals surface area contributed by atoms with Crippen molar-refractivity contribution in [2.75, 3.05) is 22.9 Å². The minimum atomic E-state index is -4.29. The predicted octanol–water partition coefficient (Wildman–Crippen LogP) is 4.21. The molecule has 0 radical (unpaired) electrons. The standard InChI is InChI=1S/C27H40N2O8P2/c30-22-28(24-12-16-26(17-13-24)38(32,33)34)20-10-8-6-4-2-1-3-5-7-9-11-21-29(23-31)25-14-18-27(19-15-25)39(35,36)37/h12-19,22-23H,1-11,20-21H2,(H2,32,33,34)(H2,35,36,37). The number of anilines is 2. The summed E-state index contributed by atoms with van der Waals surface area (Å²) >= 11 is 0. The van der Waals surface area contributed by atoms with Gasteiger partial charge < -0.3 is 29.4 Å². The Morgan fingerprint density at radius 1 is 0.487 bits per heavy atom. The topological polar surface area (TPSA) is 156 Å². The molecule has 12 heteroatoms. The second-order valence-electron chi connectivity index (χ2n) is 9.61. The summed E-state index contributed by atoms with van der Waals surface area (Å²) in [6.45, 7) is 1.14. The normalized spacial score (nSPS) is 11.8. The summed E-state index contributed by atoms with van der Waals surface area (Å²) in [4.78, 5) is 62.7. The summed E-state index contributed by atoms with van der Waals surface area (Å²) < 4.78 is 22.5. The van der Waals surface area contributed by atoms with E-state index in [1.54, 1.807) is 34.1 Å². The van der Waals surface area contributed by atoms with Gasteiger partial charge >= 0.3 is 15.2 Å².